The predicted octanol–water partition coefficient (Wildman–Crippen LogP) is 3.26. The van der Waals surface area contributed by atoms with Crippen LogP contribution < -0.4 is 10.4 Å². The normalized spacial score (nSPS) is 14.6. The van der Waals surface area contributed by atoms with E-state index in [1.54, 1.807) is 15.8 Å². The van der Waals surface area contributed by atoms with Crippen molar-refractivity contribution in [3.63, 3.8) is 0 Å². The third-order valence-electron chi connectivity index (χ3n) is 6.52. The van der Waals surface area contributed by atoms with Crippen molar-refractivity contribution >= 4 is 5.91 Å². The highest BCUT2D eigenvalue weighted by Gasteiger charge is 2.38. The highest BCUT2D eigenvalue weighted by atomic mass is 16.3. The number of hydrogen-bond donors (Lipinski definition) is 1. The van der Waals surface area contributed by atoms with Crippen molar-refractivity contribution in [1.29, 1.82) is 0 Å². The molecule has 34 heavy (non-hydrogen) atoms. The smallest absolute Gasteiger partial charge is 0.278 e. The second-order valence-corrected chi connectivity index (χ2v) is 9.30. The van der Waals surface area contributed by atoms with Gasteiger partial charge in [-0.2, -0.15) is 0 Å². The molecule has 3 aromatic rings. The molecule has 4 rings (SSSR count). The van der Waals surface area contributed by atoms with Crippen LogP contribution in [0.3, 0.4) is 0 Å². The van der Waals surface area contributed by atoms with Gasteiger partial charge in [0.25, 0.3) is 5.91 Å². The Balaban J connectivity index is 1.97. The molecule has 7 nitrogen and oxygen atoms in total. The van der Waals surface area contributed by atoms with Gasteiger partial charge in [0.1, 0.15) is 6.67 Å². The Morgan fingerprint density at radius 2 is 1.50 bits per heavy atom. The van der Waals surface area contributed by atoms with E-state index in [0.29, 0.717) is 13.2 Å². The molecule has 0 bridgehead atoms. The largest absolute Gasteiger partial charge is 0.502 e. The Labute approximate surface area is 200 Å². The summed E-state index contributed by atoms with van der Waals surface area (Å²) in [6.45, 7) is 7.09. The number of fused-ring (bicyclic) bond motifs is 1. The van der Waals surface area contributed by atoms with E-state index in [4.69, 9.17) is 0 Å². The van der Waals surface area contributed by atoms with E-state index in [9.17, 15) is 14.7 Å². The average Bonchev–Trinajstić information content (AvgIpc) is 2.79. The number of carbonyl (C=O) groups is 1. The number of nitrogens with zero attached hydrogens (tertiary/aromatic N) is 4. The van der Waals surface area contributed by atoms with Crippen molar-refractivity contribution in [3.8, 4) is 5.75 Å². The Bertz CT molecular complexity index is 1220. The molecule has 0 saturated carbocycles. The number of hydrogen-bond acceptors (Lipinski definition) is 5. The number of likely N-dealkylation sites (N-methyl/N-ethyl adjacent to an activating group) is 1. The van der Waals surface area contributed by atoms with Crippen LogP contribution >= 0.6 is 0 Å². The first-order valence-corrected chi connectivity index (χ1v) is 11.5. The number of rotatable bonds is 6. The first kappa shape index (κ1) is 23.6. The van der Waals surface area contributed by atoms with Gasteiger partial charge >= 0.3 is 0 Å². The van der Waals surface area contributed by atoms with Gasteiger partial charge < -0.3 is 14.9 Å². The summed E-state index contributed by atoms with van der Waals surface area (Å²) >= 11 is 0. The molecule has 1 atom stereocenters. The van der Waals surface area contributed by atoms with Crippen LogP contribution in [0.25, 0.3) is 0 Å². The lowest BCUT2D eigenvalue weighted by molar-refractivity contribution is 0.0577. The third kappa shape index (κ3) is 4.19. The zero-order chi connectivity index (χ0) is 24.6. The quantitative estimate of drug-likeness (QED) is 0.612. The molecule has 2 aromatic carbocycles. The summed E-state index contributed by atoms with van der Waals surface area (Å²) in [6, 6.07) is 17.3. The van der Waals surface area contributed by atoms with Gasteiger partial charge in [-0.1, -0.05) is 48.5 Å². The number of aryl methyl sites for hydroxylation is 2. The van der Waals surface area contributed by atoms with Crippen LogP contribution in [-0.4, -0.2) is 58.8 Å². The number of benzene rings is 2. The van der Waals surface area contributed by atoms with E-state index in [0.717, 1.165) is 22.3 Å². The molecule has 0 fully saturated rings. The molecule has 1 N–H and O–H groups in total. The van der Waals surface area contributed by atoms with Crippen molar-refractivity contribution in [1.82, 2.24) is 14.5 Å². The highest BCUT2D eigenvalue weighted by Crippen LogP contribution is 2.35. The topological polar surface area (TPSA) is 69.0 Å². The van der Waals surface area contributed by atoms with E-state index in [2.05, 4.69) is 43.1 Å². The van der Waals surface area contributed by atoms with E-state index in [1.165, 1.54) is 6.07 Å². The minimum Gasteiger partial charge on any atom is -0.502 e. The number of amides is 1. The molecule has 0 aliphatic carbocycles. The van der Waals surface area contributed by atoms with Gasteiger partial charge in [-0.05, 0) is 57.1 Å². The lowest BCUT2D eigenvalue weighted by Crippen LogP contribution is -2.59. The monoisotopic (exact) mass is 460 g/mol. The maximum Gasteiger partial charge on any atom is 0.278 e. The van der Waals surface area contributed by atoms with Crippen molar-refractivity contribution in [2.24, 2.45) is 0 Å². The molecule has 0 saturated heterocycles. The molecule has 1 amide bonds. The fourth-order valence-electron chi connectivity index (χ4n) is 4.80. The first-order valence-electron chi connectivity index (χ1n) is 11.5. The van der Waals surface area contributed by atoms with Crippen LogP contribution in [0, 0.1) is 13.8 Å². The van der Waals surface area contributed by atoms with Gasteiger partial charge in [0.05, 0.1) is 6.04 Å². The van der Waals surface area contributed by atoms with Gasteiger partial charge in [-0.3, -0.25) is 19.3 Å². The van der Waals surface area contributed by atoms with Gasteiger partial charge in [-0.25, -0.2) is 0 Å². The van der Waals surface area contributed by atoms with E-state index < -0.39 is 11.2 Å². The Morgan fingerprint density at radius 1 is 0.941 bits per heavy atom. The fourth-order valence-corrected chi connectivity index (χ4v) is 4.80. The van der Waals surface area contributed by atoms with Crippen LogP contribution in [0.15, 0.2) is 65.6 Å². The van der Waals surface area contributed by atoms with Crippen LogP contribution in [0.1, 0.15) is 45.7 Å². The number of pyridine rings is 1. The van der Waals surface area contributed by atoms with Crippen LogP contribution in [0.2, 0.25) is 0 Å². The Kier molecular flexibility index (Phi) is 6.48. The average molecular weight is 461 g/mol. The SMILES string of the molecule is Cc1ccccc1C(c1ccccc1C)N1CN(C(C)CN(C)C)C(=O)c2c(O)c(=O)ccn21. The number of aromatic hydroxyl groups is 1. The summed E-state index contributed by atoms with van der Waals surface area (Å²) in [5, 5.41) is 12.8. The molecule has 1 aromatic heterocycles. The molecule has 1 aliphatic heterocycles. The molecular weight excluding hydrogens is 428 g/mol. The molecule has 0 radical (unpaired) electrons. The second kappa shape index (κ2) is 9.35. The van der Waals surface area contributed by atoms with Gasteiger partial charge in [0, 0.05) is 24.8 Å². The summed E-state index contributed by atoms with van der Waals surface area (Å²) in [4.78, 5) is 29.7. The molecule has 1 unspecified atom stereocenters. The standard InChI is InChI=1S/C27H32N4O3/c1-18-10-6-8-12-21(18)24(22-13-9-7-11-19(22)2)31-17-29(20(3)16-28(4)5)27(34)25-26(33)23(32)14-15-30(25)31/h6-15,20,24,33H,16-17H2,1-5H3. The lowest BCUT2D eigenvalue weighted by atomic mass is 9.91. The third-order valence-corrected chi connectivity index (χ3v) is 6.52. The van der Waals surface area contributed by atoms with Crippen molar-refractivity contribution < 1.29 is 9.90 Å². The van der Waals surface area contributed by atoms with E-state index >= 15 is 0 Å². The Hall–Kier alpha value is -3.58. The predicted molar refractivity (Wildman–Crippen MR) is 134 cm³/mol. The van der Waals surface area contributed by atoms with Crippen molar-refractivity contribution in [3.05, 3.63) is 99.0 Å². The van der Waals surface area contributed by atoms with E-state index in [-0.39, 0.29) is 23.7 Å². The second-order valence-electron chi connectivity index (χ2n) is 9.30. The molecule has 0 spiro atoms. The zero-order valence-electron chi connectivity index (χ0n) is 20.4. The minimum atomic E-state index is -0.565. The molecule has 2 heterocycles. The minimum absolute atomic E-state index is 0.00322. The number of aromatic nitrogens is 1. The summed E-state index contributed by atoms with van der Waals surface area (Å²) in [5.41, 5.74) is 3.85. The van der Waals surface area contributed by atoms with Crippen LogP contribution in [0.5, 0.6) is 5.75 Å². The lowest BCUT2D eigenvalue weighted by Gasteiger charge is -2.46. The highest BCUT2D eigenvalue weighted by molar-refractivity contribution is 5.96. The summed E-state index contributed by atoms with van der Waals surface area (Å²) < 4.78 is 1.65. The van der Waals surface area contributed by atoms with Crippen molar-refractivity contribution in [2.75, 3.05) is 32.3 Å². The van der Waals surface area contributed by atoms with Crippen molar-refractivity contribution in [2.45, 2.75) is 32.9 Å². The van der Waals surface area contributed by atoms with Crippen LogP contribution in [-0.2, 0) is 0 Å². The number of carbonyl (C=O) groups excluding carboxylic acids is 1. The molecule has 7 heteroatoms. The van der Waals surface area contributed by atoms with Crippen LogP contribution in [0.4, 0.5) is 0 Å². The zero-order valence-corrected chi connectivity index (χ0v) is 20.4. The van der Waals surface area contributed by atoms with E-state index in [1.807, 2.05) is 50.2 Å². The fraction of sp³-hybridized carbons (Fsp3) is 0.333. The maximum atomic E-state index is 13.5. The van der Waals surface area contributed by atoms with Gasteiger partial charge in [-0.15, -0.1) is 0 Å². The molecule has 1 aliphatic rings. The summed E-state index contributed by atoms with van der Waals surface area (Å²) in [6.07, 6.45) is 1.59. The molecule has 178 valence electrons. The Morgan fingerprint density at radius 3 is 2.03 bits per heavy atom. The maximum absolute atomic E-state index is 13.5. The first-order chi connectivity index (χ1) is 16.2. The van der Waals surface area contributed by atoms with Gasteiger partial charge in [0.2, 0.25) is 5.43 Å². The summed E-state index contributed by atoms with van der Waals surface area (Å²) in [5.74, 6) is -0.873. The summed E-state index contributed by atoms with van der Waals surface area (Å²) in [7, 11) is 3.92. The molecular formula is C27H32N4O3. The van der Waals surface area contributed by atoms with Gasteiger partial charge in [0.15, 0.2) is 11.4 Å².